The molecule has 1 aromatic rings. The van der Waals surface area contributed by atoms with Gasteiger partial charge in [0.15, 0.2) is 15.7 Å². The number of sulfone groups is 1. The Labute approximate surface area is 106 Å². The Morgan fingerprint density at radius 2 is 1.94 bits per heavy atom. The van der Waals surface area contributed by atoms with E-state index in [2.05, 4.69) is 9.97 Å². The molecule has 0 saturated heterocycles. The monoisotopic (exact) mass is 275 g/mol. The van der Waals surface area contributed by atoms with Crippen LogP contribution in [0.3, 0.4) is 0 Å². The molecule has 18 heavy (non-hydrogen) atoms. The lowest BCUT2D eigenvalue weighted by molar-refractivity contribution is -0.390. The van der Waals surface area contributed by atoms with E-state index < -0.39 is 25.9 Å². The van der Waals surface area contributed by atoms with Gasteiger partial charge in [-0.2, -0.15) is 0 Å². The van der Waals surface area contributed by atoms with Crippen LogP contribution in [-0.4, -0.2) is 34.3 Å². The number of hydrogen-bond donors (Lipinski definition) is 1. The Morgan fingerprint density at radius 3 is 2.39 bits per heavy atom. The average molecular weight is 275 g/mol. The lowest BCUT2D eigenvalue weighted by atomic mass is 10.1. The van der Waals surface area contributed by atoms with Crippen LogP contribution in [-0.2, 0) is 9.84 Å². The van der Waals surface area contributed by atoms with Crippen molar-refractivity contribution in [3.05, 3.63) is 21.6 Å². The highest BCUT2D eigenvalue weighted by Crippen LogP contribution is 2.25. The molecule has 0 aliphatic heterocycles. The normalized spacial score (nSPS) is 13.8. The lowest BCUT2D eigenvalue weighted by Crippen LogP contribution is -2.21. The van der Waals surface area contributed by atoms with E-state index in [9.17, 15) is 18.5 Å². The third kappa shape index (κ3) is 3.06. The van der Waals surface area contributed by atoms with Crippen molar-refractivity contribution in [2.24, 2.45) is 0 Å². The van der Waals surface area contributed by atoms with Crippen molar-refractivity contribution in [2.75, 3.05) is 5.75 Å². The first-order valence-corrected chi connectivity index (χ1v) is 7.29. The molecule has 7 nitrogen and oxygen atoms in total. The van der Waals surface area contributed by atoms with Crippen LogP contribution in [0.4, 0.5) is 5.82 Å². The van der Waals surface area contributed by atoms with Gasteiger partial charge in [0.05, 0.1) is 11.0 Å². The standard InChI is InChI=1S/C10H17N3O4S/c1-6(2)18(16,17)5-7(3)9-10(13(14)15)12-8(4)11-9/h6-7H,5H2,1-4H3,(H,11,12). The number of nitro groups is 1. The highest BCUT2D eigenvalue weighted by Gasteiger charge is 2.28. The quantitative estimate of drug-likeness (QED) is 0.648. The zero-order valence-corrected chi connectivity index (χ0v) is 11.6. The molecule has 102 valence electrons. The van der Waals surface area contributed by atoms with E-state index >= 15 is 0 Å². The fraction of sp³-hybridized carbons (Fsp3) is 0.700. The van der Waals surface area contributed by atoms with Gasteiger partial charge in [-0.05, 0) is 18.8 Å². The van der Waals surface area contributed by atoms with E-state index in [-0.39, 0.29) is 17.3 Å². The molecule has 1 heterocycles. The summed E-state index contributed by atoms with van der Waals surface area (Å²) in [5.74, 6) is -0.470. The molecule has 0 saturated carbocycles. The predicted octanol–water partition coefficient (Wildman–Crippen LogP) is 1.55. The number of H-pyrrole nitrogens is 1. The molecule has 1 unspecified atom stereocenters. The average Bonchev–Trinajstić information content (AvgIpc) is 2.59. The molecule has 0 aliphatic carbocycles. The van der Waals surface area contributed by atoms with Gasteiger partial charge in [0.1, 0.15) is 5.69 Å². The number of aromatic nitrogens is 2. The van der Waals surface area contributed by atoms with Crippen molar-refractivity contribution in [3.63, 3.8) is 0 Å². The Balaban J connectivity index is 3.05. The Hall–Kier alpha value is -1.44. The SMILES string of the molecule is Cc1nc(C(C)CS(=O)(=O)C(C)C)c([N+](=O)[O-])[nH]1. The molecule has 1 rings (SSSR count). The molecule has 0 radical (unpaired) electrons. The largest absolute Gasteiger partial charge is 0.358 e. The maximum Gasteiger partial charge on any atom is 0.344 e. The lowest BCUT2D eigenvalue weighted by Gasteiger charge is -2.12. The number of nitrogens with zero attached hydrogens (tertiary/aromatic N) is 2. The smallest absolute Gasteiger partial charge is 0.344 e. The number of aromatic amines is 1. The van der Waals surface area contributed by atoms with Crippen LogP contribution in [0.2, 0.25) is 0 Å². The van der Waals surface area contributed by atoms with Crippen LogP contribution >= 0.6 is 0 Å². The fourth-order valence-electron chi connectivity index (χ4n) is 1.60. The van der Waals surface area contributed by atoms with Crippen molar-refractivity contribution in [1.82, 2.24) is 9.97 Å². The highest BCUT2D eigenvalue weighted by atomic mass is 32.2. The topological polar surface area (TPSA) is 106 Å². The minimum absolute atomic E-state index is 0.143. The first-order valence-electron chi connectivity index (χ1n) is 5.57. The van der Waals surface area contributed by atoms with Crippen LogP contribution in [0, 0.1) is 17.0 Å². The molecule has 1 atom stereocenters. The van der Waals surface area contributed by atoms with Gasteiger partial charge in [0.2, 0.25) is 0 Å². The van der Waals surface area contributed by atoms with Crippen molar-refractivity contribution < 1.29 is 13.3 Å². The van der Waals surface area contributed by atoms with E-state index in [1.165, 1.54) is 0 Å². The van der Waals surface area contributed by atoms with Crippen LogP contribution in [0.25, 0.3) is 0 Å². The summed E-state index contributed by atoms with van der Waals surface area (Å²) in [6, 6.07) is 0. The molecule has 0 spiro atoms. The summed E-state index contributed by atoms with van der Waals surface area (Å²) in [5.41, 5.74) is 0.196. The number of hydrogen-bond acceptors (Lipinski definition) is 5. The van der Waals surface area contributed by atoms with Gasteiger partial charge in [0.25, 0.3) is 0 Å². The molecule has 0 aromatic carbocycles. The Morgan fingerprint density at radius 1 is 1.39 bits per heavy atom. The van der Waals surface area contributed by atoms with E-state index in [0.29, 0.717) is 5.82 Å². The first kappa shape index (κ1) is 14.6. The third-order valence-electron chi connectivity index (χ3n) is 2.68. The summed E-state index contributed by atoms with van der Waals surface area (Å²) < 4.78 is 23.6. The molecule has 0 aliphatic rings. The number of aryl methyl sites for hydroxylation is 1. The molecule has 1 N–H and O–H groups in total. The summed E-state index contributed by atoms with van der Waals surface area (Å²) in [5, 5.41) is 10.3. The van der Waals surface area contributed by atoms with Crippen molar-refractivity contribution >= 4 is 15.7 Å². The zero-order chi connectivity index (χ0) is 14.1. The van der Waals surface area contributed by atoms with Gasteiger partial charge in [0, 0.05) is 12.8 Å². The van der Waals surface area contributed by atoms with Crippen molar-refractivity contribution in [1.29, 1.82) is 0 Å². The van der Waals surface area contributed by atoms with E-state index in [1.807, 2.05) is 0 Å². The van der Waals surface area contributed by atoms with E-state index in [4.69, 9.17) is 0 Å². The third-order valence-corrected chi connectivity index (χ3v) is 5.08. The Bertz CT molecular complexity index is 547. The molecular weight excluding hydrogens is 258 g/mol. The zero-order valence-electron chi connectivity index (χ0n) is 10.8. The maximum absolute atomic E-state index is 11.8. The van der Waals surface area contributed by atoms with Gasteiger partial charge in [-0.25, -0.2) is 18.4 Å². The van der Waals surface area contributed by atoms with Crippen LogP contribution in [0.5, 0.6) is 0 Å². The molecule has 8 heteroatoms. The summed E-state index contributed by atoms with van der Waals surface area (Å²) >= 11 is 0. The van der Waals surface area contributed by atoms with Crippen LogP contribution < -0.4 is 0 Å². The van der Waals surface area contributed by atoms with Gasteiger partial charge >= 0.3 is 5.82 Å². The predicted molar refractivity (Wildman–Crippen MR) is 67.3 cm³/mol. The molecule has 0 bridgehead atoms. The second-order valence-electron chi connectivity index (χ2n) is 4.59. The second-order valence-corrected chi connectivity index (χ2v) is 7.19. The maximum atomic E-state index is 11.8. The molecular formula is C10H17N3O4S. The van der Waals surface area contributed by atoms with Gasteiger partial charge < -0.3 is 10.1 Å². The second kappa shape index (κ2) is 5.05. The first-order chi connectivity index (χ1) is 8.15. The highest BCUT2D eigenvalue weighted by molar-refractivity contribution is 7.92. The fourth-order valence-corrected chi connectivity index (χ4v) is 2.84. The minimum atomic E-state index is -3.26. The summed E-state index contributed by atoms with van der Waals surface area (Å²) in [7, 11) is -3.26. The molecule has 0 fully saturated rings. The van der Waals surface area contributed by atoms with Crippen molar-refractivity contribution in [3.8, 4) is 0 Å². The summed E-state index contributed by atoms with van der Waals surface area (Å²) in [4.78, 5) is 16.8. The van der Waals surface area contributed by atoms with Gasteiger partial charge in [-0.1, -0.05) is 6.92 Å². The summed E-state index contributed by atoms with van der Waals surface area (Å²) in [6.45, 7) is 6.40. The van der Waals surface area contributed by atoms with E-state index in [1.54, 1.807) is 27.7 Å². The van der Waals surface area contributed by atoms with Crippen LogP contribution in [0.1, 0.15) is 38.2 Å². The van der Waals surface area contributed by atoms with E-state index in [0.717, 1.165) is 0 Å². The number of rotatable bonds is 5. The molecule has 1 aromatic heterocycles. The molecule has 0 amide bonds. The summed E-state index contributed by atoms with van der Waals surface area (Å²) in [6.07, 6.45) is 0. The van der Waals surface area contributed by atoms with Crippen LogP contribution in [0.15, 0.2) is 0 Å². The minimum Gasteiger partial charge on any atom is -0.358 e. The van der Waals surface area contributed by atoms with Gasteiger partial charge in [-0.15, -0.1) is 0 Å². The van der Waals surface area contributed by atoms with Gasteiger partial charge in [-0.3, -0.25) is 0 Å². The van der Waals surface area contributed by atoms with Crippen molar-refractivity contribution in [2.45, 2.75) is 38.9 Å². The number of imidazole rings is 1. The Kier molecular flexibility index (Phi) is 4.10. The number of nitrogens with one attached hydrogen (secondary N) is 1.